The van der Waals surface area contributed by atoms with Crippen molar-refractivity contribution >= 4 is 23.5 Å². The van der Waals surface area contributed by atoms with E-state index in [1.165, 1.54) is 0 Å². The minimum Gasteiger partial charge on any atom is -0.409 e. The van der Waals surface area contributed by atoms with E-state index in [-0.39, 0.29) is 16.5 Å². The Bertz CT molecular complexity index is 498. The van der Waals surface area contributed by atoms with E-state index < -0.39 is 0 Å². The number of hydrogen-bond donors (Lipinski definition) is 2. The lowest BCUT2D eigenvalue weighted by Gasteiger charge is -2.39. The second-order valence-electron chi connectivity index (χ2n) is 4.72. The maximum absolute atomic E-state index is 12.3. The molecule has 3 N–H and O–H groups in total. The quantitative estimate of drug-likeness (QED) is 0.378. The predicted octanol–water partition coefficient (Wildman–Crippen LogP) is 1.17. The molecule has 0 aliphatic carbocycles. The van der Waals surface area contributed by atoms with Crippen LogP contribution in [0.3, 0.4) is 0 Å². The van der Waals surface area contributed by atoms with E-state index in [2.05, 4.69) is 10.1 Å². The summed E-state index contributed by atoms with van der Waals surface area (Å²) in [6.45, 7) is 1.18. The van der Waals surface area contributed by atoms with E-state index in [1.807, 2.05) is 6.26 Å². The number of aromatic nitrogens is 1. The molecule has 2 rings (SSSR count). The van der Waals surface area contributed by atoms with Crippen molar-refractivity contribution in [3.05, 3.63) is 30.1 Å². The number of carbonyl (C=O) groups excluding carboxylic acids is 1. The first-order valence-electron chi connectivity index (χ1n) is 6.35. The summed E-state index contributed by atoms with van der Waals surface area (Å²) in [5.41, 5.74) is 6.38. The third-order valence-electron chi connectivity index (χ3n) is 3.73. The van der Waals surface area contributed by atoms with Crippen LogP contribution < -0.4 is 5.73 Å². The second-order valence-corrected chi connectivity index (χ2v) is 5.91. The van der Waals surface area contributed by atoms with Crippen LogP contribution in [0.15, 0.2) is 29.7 Å². The maximum atomic E-state index is 12.3. The highest BCUT2D eigenvalue weighted by atomic mass is 32.2. The smallest absolute Gasteiger partial charge is 0.255 e. The van der Waals surface area contributed by atoms with Crippen molar-refractivity contribution in [1.29, 1.82) is 0 Å². The highest BCUT2D eigenvalue weighted by Gasteiger charge is 2.39. The van der Waals surface area contributed by atoms with Crippen LogP contribution in [0.1, 0.15) is 23.2 Å². The number of amides is 1. The van der Waals surface area contributed by atoms with E-state index in [0.29, 0.717) is 31.5 Å². The minimum atomic E-state index is -0.375. The van der Waals surface area contributed by atoms with Crippen LogP contribution in [0.4, 0.5) is 0 Å². The van der Waals surface area contributed by atoms with Gasteiger partial charge in [0.15, 0.2) is 5.84 Å². The molecular weight excluding hydrogens is 276 g/mol. The molecule has 0 spiro atoms. The van der Waals surface area contributed by atoms with Crippen molar-refractivity contribution < 1.29 is 10.0 Å². The highest BCUT2D eigenvalue weighted by molar-refractivity contribution is 8.00. The van der Waals surface area contributed by atoms with Crippen LogP contribution in [-0.2, 0) is 0 Å². The van der Waals surface area contributed by atoms with E-state index >= 15 is 0 Å². The summed E-state index contributed by atoms with van der Waals surface area (Å²) in [4.78, 5) is 18.1. The molecule has 1 saturated heterocycles. The van der Waals surface area contributed by atoms with Gasteiger partial charge >= 0.3 is 0 Å². The van der Waals surface area contributed by atoms with E-state index in [1.54, 1.807) is 41.2 Å². The van der Waals surface area contributed by atoms with Crippen molar-refractivity contribution in [2.75, 3.05) is 19.3 Å². The van der Waals surface area contributed by atoms with Crippen molar-refractivity contribution in [3.63, 3.8) is 0 Å². The summed E-state index contributed by atoms with van der Waals surface area (Å²) < 4.78 is -0.375. The van der Waals surface area contributed by atoms with Gasteiger partial charge in [0.05, 0.1) is 10.3 Å². The lowest BCUT2D eigenvalue weighted by Crippen LogP contribution is -2.51. The van der Waals surface area contributed by atoms with Gasteiger partial charge in [-0.15, -0.1) is 0 Å². The average molecular weight is 294 g/mol. The van der Waals surface area contributed by atoms with E-state index in [4.69, 9.17) is 10.9 Å². The normalized spacial score (nSPS) is 18.9. The van der Waals surface area contributed by atoms with Crippen molar-refractivity contribution in [2.24, 2.45) is 10.9 Å². The number of likely N-dealkylation sites (tertiary alicyclic amines) is 1. The van der Waals surface area contributed by atoms with E-state index in [0.717, 1.165) is 0 Å². The third kappa shape index (κ3) is 2.72. The van der Waals surface area contributed by atoms with Gasteiger partial charge in [-0.3, -0.25) is 9.78 Å². The topological polar surface area (TPSA) is 91.8 Å². The summed E-state index contributed by atoms with van der Waals surface area (Å²) in [6.07, 6.45) is 6.51. The summed E-state index contributed by atoms with van der Waals surface area (Å²) in [7, 11) is 0. The summed E-state index contributed by atoms with van der Waals surface area (Å²) in [5, 5.41) is 12.0. The zero-order valence-electron chi connectivity index (χ0n) is 11.3. The van der Waals surface area contributed by atoms with E-state index in [9.17, 15) is 4.79 Å². The minimum absolute atomic E-state index is 0.0210. The van der Waals surface area contributed by atoms with Crippen LogP contribution in [0.5, 0.6) is 0 Å². The molecule has 108 valence electrons. The number of pyridine rings is 1. The van der Waals surface area contributed by atoms with Gasteiger partial charge in [-0.1, -0.05) is 5.16 Å². The maximum Gasteiger partial charge on any atom is 0.255 e. The lowest BCUT2D eigenvalue weighted by atomic mass is 9.94. The highest BCUT2D eigenvalue weighted by Crippen LogP contribution is 2.35. The number of piperidine rings is 1. The van der Waals surface area contributed by atoms with Crippen molar-refractivity contribution in [1.82, 2.24) is 9.88 Å². The molecule has 1 aromatic heterocycles. The predicted molar refractivity (Wildman–Crippen MR) is 79.0 cm³/mol. The molecule has 0 radical (unpaired) electrons. The number of nitrogens with two attached hydrogens (primary N) is 1. The lowest BCUT2D eigenvalue weighted by molar-refractivity contribution is 0.0717. The molecular formula is C13H18N4O2S. The Morgan fingerprint density at radius 1 is 1.55 bits per heavy atom. The van der Waals surface area contributed by atoms with Gasteiger partial charge in [0, 0.05) is 25.5 Å². The Kier molecular flexibility index (Phi) is 4.49. The largest absolute Gasteiger partial charge is 0.409 e. The number of hydrogen-bond acceptors (Lipinski definition) is 5. The Morgan fingerprint density at radius 3 is 2.75 bits per heavy atom. The van der Waals surface area contributed by atoms with Gasteiger partial charge in [0.1, 0.15) is 0 Å². The molecule has 1 aliphatic heterocycles. The monoisotopic (exact) mass is 294 g/mol. The Balaban J connectivity index is 2.06. The molecule has 0 bridgehead atoms. The van der Waals surface area contributed by atoms with Gasteiger partial charge in [-0.05, 0) is 31.2 Å². The molecule has 1 aromatic rings. The molecule has 1 aliphatic rings. The molecule has 6 nitrogen and oxygen atoms in total. The van der Waals surface area contributed by atoms with Crippen LogP contribution in [0.2, 0.25) is 0 Å². The summed E-state index contributed by atoms with van der Waals surface area (Å²) >= 11 is 1.57. The molecule has 20 heavy (non-hydrogen) atoms. The zero-order chi connectivity index (χ0) is 14.6. The number of rotatable bonds is 3. The fraction of sp³-hybridized carbons (Fsp3) is 0.462. The first-order valence-corrected chi connectivity index (χ1v) is 7.58. The number of nitrogens with zero attached hydrogens (tertiary/aromatic N) is 3. The van der Waals surface area contributed by atoms with Gasteiger partial charge in [-0.25, -0.2) is 0 Å². The van der Waals surface area contributed by atoms with Crippen LogP contribution in [-0.4, -0.2) is 50.9 Å². The second kappa shape index (κ2) is 6.13. The first-order chi connectivity index (χ1) is 9.63. The molecule has 0 aromatic carbocycles. The standard InChI is InChI=1S/C13H18N4O2S/c1-20-13(12(14)16-19)4-7-17(8-5-13)11(18)10-3-2-6-15-9-10/h2-3,6,9,19H,4-5,7-8H2,1H3,(H2,14,16). The van der Waals surface area contributed by atoms with Gasteiger partial charge < -0.3 is 15.8 Å². The number of thioether (sulfide) groups is 1. The summed E-state index contributed by atoms with van der Waals surface area (Å²) in [6, 6.07) is 3.51. The van der Waals surface area contributed by atoms with Gasteiger partial charge in [-0.2, -0.15) is 11.8 Å². The number of carbonyl (C=O) groups is 1. The SMILES string of the molecule is CSC1(C(N)=NO)CCN(C(=O)c2cccnc2)CC1. The third-order valence-corrected chi connectivity index (χ3v) is 5.13. The number of amidine groups is 1. The molecule has 7 heteroatoms. The number of oxime groups is 1. The summed E-state index contributed by atoms with van der Waals surface area (Å²) in [5.74, 6) is 0.214. The average Bonchev–Trinajstić information content (AvgIpc) is 2.54. The Labute approximate surface area is 122 Å². The molecule has 2 heterocycles. The van der Waals surface area contributed by atoms with Gasteiger partial charge in [0.2, 0.25) is 0 Å². The zero-order valence-corrected chi connectivity index (χ0v) is 12.1. The fourth-order valence-corrected chi connectivity index (χ4v) is 3.24. The molecule has 0 saturated carbocycles. The van der Waals surface area contributed by atoms with Crippen molar-refractivity contribution in [2.45, 2.75) is 17.6 Å². The Morgan fingerprint density at radius 2 is 2.25 bits per heavy atom. The fourth-order valence-electron chi connectivity index (χ4n) is 2.40. The Hall–Kier alpha value is -1.76. The van der Waals surface area contributed by atoms with Crippen LogP contribution >= 0.6 is 11.8 Å². The molecule has 0 atom stereocenters. The van der Waals surface area contributed by atoms with Crippen molar-refractivity contribution in [3.8, 4) is 0 Å². The van der Waals surface area contributed by atoms with Gasteiger partial charge in [0.25, 0.3) is 5.91 Å². The molecule has 0 unspecified atom stereocenters. The molecule has 1 fully saturated rings. The first kappa shape index (κ1) is 14.6. The molecule has 1 amide bonds. The van der Waals surface area contributed by atoms with Crippen LogP contribution in [0.25, 0.3) is 0 Å². The van der Waals surface area contributed by atoms with Crippen LogP contribution in [0, 0.1) is 0 Å².